The van der Waals surface area contributed by atoms with E-state index in [9.17, 15) is 14.7 Å². The van der Waals surface area contributed by atoms with E-state index in [0.717, 1.165) is 24.8 Å². The molecule has 4 N–H and O–H groups in total. The number of hydrogen-bond donors (Lipinski definition) is 3. The van der Waals surface area contributed by atoms with Crippen molar-refractivity contribution in [2.24, 2.45) is 11.7 Å². The van der Waals surface area contributed by atoms with Crippen LogP contribution >= 0.6 is 0 Å². The second kappa shape index (κ2) is 7.13. The summed E-state index contributed by atoms with van der Waals surface area (Å²) in [7, 11) is 0. The number of rotatable bonds is 6. The average Bonchev–Trinajstić information content (AvgIpc) is 2.93. The summed E-state index contributed by atoms with van der Waals surface area (Å²) in [6.07, 6.45) is 3.77. The van der Waals surface area contributed by atoms with Crippen molar-refractivity contribution in [3.05, 3.63) is 35.4 Å². The number of nitrogens with two attached hydrogens (primary N) is 1. The SMILES string of the molecule is CC(C)(O)CCc1cccc(C(=O)N[C@@H]2CCC[C@@H]2C(N)=O)c1. The van der Waals surface area contributed by atoms with Crippen LogP contribution in [0.4, 0.5) is 0 Å². The Kier molecular flexibility index (Phi) is 5.42. The Balaban J connectivity index is 2.01. The first kappa shape index (κ1) is 17.5. The number of hydrogen-bond acceptors (Lipinski definition) is 3. The van der Waals surface area contributed by atoms with Crippen LogP contribution in [0.1, 0.15) is 55.5 Å². The van der Waals surface area contributed by atoms with Crippen LogP contribution in [-0.4, -0.2) is 28.6 Å². The van der Waals surface area contributed by atoms with E-state index in [1.807, 2.05) is 18.2 Å². The molecular weight excluding hydrogens is 292 g/mol. The number of aryl methyl sites for hydroxylation is 1. The topological polar surface area (TPSA) is 92.4 Å². The quantitative estimate of drug-likeness (QED) is 0.746. The van der Waals surface area contributed by atoms with Crippen LogP contribution in [0.5, 0.6) is 0 Å². The highest BCUT2D eigenvalue weighted by molar-refractivity contribution is 5.95. The van der Waals surface area contributed by atoms with Gasteiger partial charge in [-0.15, -0.1) is 0 Å². The molecule has 0 unspecified atom stereocenters. The van der Waals surface area contributed by atoms with Gasteiger partial charge in [-0.2, -0.15) is 0 Å². The lowest BCUT2D eigenvalue weighted by atomic mass is 9.97. The zero-order valence-corrected chi connectivity index (χ0v) is 13.8. The van der Waals surface area contributed by atoms with E-state index in [-0.39, 0.29) is 23.8 Å². The lowest BCUT2D eigenvalue weighted by Crippen LogP contribution is -2.42. The second-order valence-electron chi connectivity index (χ2n) is 7.03. The first-order valence-corrected chi connectivity index (χ1v) is 8.18. The summed E-state index contributed by atoms with van der Waals surface area (Å²) < 4.78 is 0. The molecule has 1 aliphatic rings. The molecule has 0 spiro atoms. The van der Waals surface area contributed by atoms with Crippen molar-refractivity contribution in [1.82, 2.24) is 5.32 Å². The molecule has 1 fully saturated rings. The van der Waals surface area contributed by atoms with E-state index in [0.29, 0.717) is 18.4 Å². The Morgan fingerprint density at radius 1 is 1.35 bits per heavy atom. The number of amides is 2. The number of carbonyl (C=O) groups excluding carboxylic acids is 2. The molecule has 1 aromatic carbocycles. The van der Waals surface area contributed by atoms with E-state index in [1.54, 1.807) is 19.9 Å². The molecule has 2 rings (SSSR count). The highest BCUT2D eigenvalue weighted by Gasteiger charge is 2.32. The monoisotopic (exact) mass is 318 g/mol. The predicted molar refractivity (Wildman–Crippen MR) is 88.9 cm³/mol. The maximum absolute atomic E-state index is 12.4. The van der Waals surface area contributed by atoms with Gasteiger partial charge in [-0.3, -0.25) is 9.59 Å². The van der Waals surface area contributed by atoms with Gasteiger partial charge in [0.05, 0.1) is 11.5 Å². The van der Waals surface area contributed by atoms with Gasteiger partial charge in [-0.1, -0.05) is 18.6 Å². The number of primary amides is 1. The predicted octanol–water partition coefficient (Wildman–Crippen LogP) is 1.77. The second-order valence-corrected chi connectivity index (χ2v) is 7.03. The Morgan fingerprint density at radius 3 is 2.74 bits per heavy atom. The summed E-state index contributed by atoms with van der Waals surface area (Å²) >= 11 is 0. The van der Waals surface area contributed by atoms with E-state index in [1.165, 1.54) is 0 Å². The molecule has 2 atom stereocenters. The minimum Gasteiger partial charge on any atom is -0.390 e. The first-order chi connectivity index (χ1) is 10.8. The van der Waals surface area contributed by atoms with Gasteiger partial charge < -0.3 is 16.2 Å². The Bertz CT molecular complexity index is 578. The highest BCUT2D eigenvalue weighted by Crippen LogP contribution is 2.25. The van der Waals surface area contributed by atoms with Crippen LogP contribution in [0, 0.1) is 5.92 Å². The number of nitrogens with one attached hydrogen (secondary N) is 1. The van der Waals surface area contributed by atoms with Crippen molar-refractivity contribution in [1.29, 1.82) is 0 Å². The van der Waals surface area contributed by atoms with Gasteiger partial charge in [0, 0.05) is 11.6 Å². The van der Waals surface area contributed by atoms with E-state index >= 15 is 0 Å². The standard InChI is InChI=1S/C18H26N2O3/c1-18(2,23)10-9-12-5-3-6-13(11-12)17(22)20-15-8-4-7-14(15)16(19)21/h3,5-6,11,14-15,23H,4,7-10H2,1-2H3,(H2,19,21)(H,20,22)/t14-,15+/m0/s1. The summed E-state index contributed by atoms with van der Waals surface area (Å²) in [5.41, 5.74) is 6.26. The van der Waals surface area contributed by atoms with Crippen molar-refractivity contribution in [2.75, 3.05) is 0 Å². The largest absolute Gasteiger partial charge is 0.390 e. The fourth-order valence-electron chi connectivity index (χ4n) is 3.04. The van der Waals surface area contributed by atoms with Crippen LogP contribution in [0.15, 0.2) is 24.3 Å². The highest BCUT2D eigenvalue weighted by atomic mass is 16.3. The van der Waals surface area contributed by atoms with Crippen LogP contribution in [0.2, 0.25) is 0 Å². The van der Waals surface area contributed by atoms with Gasteiger partial charge in [0.15, 0.2) is 0 Å². The van der Waals surface area contributed by atoms with E-state index < -0.39 is 5.60 Å². The normalized spacial score (nSPS) is 21.2. The minimum absolute atomic E-state index is 0.167. The summed E-state index contributed by atoms with van der Waals surface area (Å²) in [4.78, 5) is 23.8. The number of carbonyl (C=O) groups is 2. The summed E-state index contributed by atoms with van der Waals surface area (Å²) in [6.45, 7) is 3.54. The lowest BCUT2D eigenvalue weighted by Gasteiger charge is -2.19. The molecule has 5 nitrogen and oxygen atoms in total. The Morgan fingerprint density at radius 2 is 2.09 bits per heavy atom. The first-order valence-electron chi connectivity index (χ1n) is 8.18. The molecule has 0 radical (unpaired) electrons. The zero-order valence-electron chi connectivity index (χ0n) is 13.8. The third-order valence-corrected chi connectivity index (χ3v) is 4.41. The fourth-order valence-corrected chi connectivity index (χ4v) is 3.04. The molecule has 23 heavy (non-hydrogen) atoms. The fraction of sp³-hybridized carbons (Fsp3) is 0.556. The zero-order chi connectivity index (χ0) is 17.0. The number of benzene rings is 1. The van der Waals surface area contributed by atoms with Crippen molar-refractivity contribution in [2.45, 2.75) is 57.6 Å². The van der Waals surface area contributed by atoms with Crippen molar-refractivity contribution in [3.63, 3.8) is 0 Å². The molecule has 0 aliphatic heterocycles. The maximum Gasteiger partial charge on any atom is 0.251 e. The smallest absolute Gasteiger partial charge is 0.251 e. The molecule has 1 aliphatic carbocycles. The van der Waals surface area contributed by atoms with Gasteiger partial charge in [-0.05, 0) is 57.2 Å². The third-order valence-electron chi connectivity index (χ3n) is 4.41. The maximum atomic E-state index is 12.4. The molecule has 126 valence electrons. The molecule has 2 amide bonds. The molecule has 0 aromatic heterocycles. The Hall–Kier alpha value is -1.88. The van der Waals surface area contributed by atoms with Gasteiger partial charge in [0.25, 0.3) is 5.91 Å². The molecule has 1 aromatic rings. The average molecular weight is 318 g/mol. The van der Waals surface area contributed by atoms with Crippen LogP contribution in [-0.2, 0) is 11.2 Å². The van der Waals surface area contributed by atoms with Crippen LogP contribution in [0.3, 0.4) is 0 Å². The summed E-state index contributed by atoms with van der Waals surface area (Å²) in [5, 5.41) is 12.7. The molecule has 1 saturated carbocycles. The molecule has 5 heteroatoms. The minimum atomic E-state index is -0.725. The summed E-state index contributed by atoms with van der Waals surface area (Å²) in [5.74, 6) is -0.780. The van der Waals surface area contributed by atoms with Crippen molar-refractivity contribution < 1.29 is 14.7 Å². The molecular formula is C18H26N2O3. The van der Waals surface area contributed by atoms with E-state index in [4.69, 9.17) is 5.73 Å². The van der Waals surface area contributed by atoms with Gasteiger partial charge >= 0.3 is 0 Å². The van der Waals surface area contributed by atoms with E-state index in [2.05, 4.69) is 5.32 Å². The lowest BCUT2D eigenvalue weighted by molar-refractivity contribution is -0.122. The van der Waals surface area contributed by atoms with Crippen molar-refractivity contribution >= 4 is 11.8 Å². The number of aliphatic hydroxyl groups is 1. The van der Waals surface area contributed by atoms with Crippen molar-refractivity contribution in [3.8, 4) is 0 Å². The molecule has 0 bridgehead atoms. The van der Waals surface area contributed by atoms with Gasteiger partial charge in [0.2, 0.25) is 5.91 Å². The van der Waals surface area contributed by atoms with Gasteiger partial charge in [0.1, 0.15) is 0 Å². The van der Waals surface area contributed by atoms with Gasteiger partial charge in [-0.25, -0.2) is 0 Å². The van der Waals surface area contributed by atoms with Crippen LogP contribution < -0.4 is 11.1 Å². The molecule has 0 heterocycles. The Labute approximate surface area is 137 Å². The summed E-state index contributed by atoms with van der Waals surface area (Å²) in [6, 6.07) is 7.23. The van der Waals surface area contributed by atoms with Crippen LogP contribution in [0.25, 0.3) is 0 Å². The third kappa shape index (κ3) is 5.06. The molecule has 0 saturated heterocycles.